The molecular weight excluding hydrogens is 154 g/mol. The molecule has 0 saturated carbocycles. The van der Waals surface area contributed by atoms with E-state index in [0.717, 1.165) is 6.61 Å². The second-order valence-electron chi connectivity index (χ2n) is 2.14. The number of ether oxygens (including phenoxy) is 2. The normalized spacial score (nSPS) is 9.75. The Balaban J connectivity index is 2.16. The third-order valence-corrected chi connectivity index (χ3v) is 1.27. The Hall–Kier alpha value is -1.09. The summed E-state index contributed by atoms with van der Waals surface area (Å²) in [4.78, 5) is 3.94. The summed E-state index contributed by atoms with van der Waals surface area (Å²) in [5.74, 6) is 0.619. The molecule has 0 unspecified atom stereocenters. The smallest absolute Gasteiger partial charge is 0.213 e. The van der Waals surface area contributed by atoms with E-state index in [9.17, 15) is 0 Å². The second kappa shape index (κ2) is 5.55. The molecule has 0 bridgehead atoms. The predicted octanol–water partition coefficient (Wildman–Crippen LogP) is 1.30. The third-order valence-electron chi connectivity index (χ3n) is 1.27. The molecule has 1 radical (unpaired) electrons. The van der Waals surface area contributed by atoms with Gasteiger partial charge in [-0.25, -0.2) is 4.98 Å². The maximum absolute atomic E-state index is 5.25. The van der Waals surface area contributed by atoms with E-state index < -0.39 is 0 Å². The van der Waals surface area contributed by atoms with E-state index in [1.165, 1.54) is 0 Å². The number of nitrogens with zero attached hydrogens (tertiary/aromatic N) is 1. The average molecular weight is 166 g/mol. The molecule has 65 valence electrons. The summed E-state index contributed by atoms with van der Waals surface area (Å²) < 4.78 is 10.3. The van der Waals surface area contributed by atoms with Crippen LogP contribution in [0.2, 0.25) is 0 Å². The molecular formula is C9H12NO2. The second-order valence-corrected chi connectivity index (χ2v) is 2.14. The third kappa shape index (κ3) is 3.34. The average Bonchev–Trinajstić information content (AvgIpc) is 2.14. The molecule has 0 atom stereocenters. The van der Waals surface area contributed by atoms with Gasteiger partial charge in [0.25, 0.3) is 0 Å². The van der Waals surface area contributed by atoms with E-state index >= 15 is 0 Å². The van der Waals surface area contributed by atoms with Gasteiger partial charge >= 0.3 is 0 Å². The summed E-state index contributed by atoms with van der Waals surface area (Å²) in [5.41, 5.74) is 0. The van der Waals surface area contributed by atoms with Gasteiger partial charge in [0.2, 0.25) is 5.88 Å². The largest absolute Gasteiger partial charge is 0.475 e. The van der Waals surface area contributed by atoms with Gasteiger partial charge in [-0.3, -0.25) is 0 Å². The van der Waals surface area contributed by atoms with Crippen molar-refractivity contribution in [2.75, 3.05) is 19.8 Å². The molecule has 3 heteroatoms. The van der Waals surface area contributed by atoms with Crippen molar-refractivity contribution in [2.45, 2.75) is 6.92 Å². The molecule has 1 aromatic heterocycles. The molecule has 12 heavy (non-hydrogen) atoms. The van der Waals surface area contributed by atoms with Crippen molar-refractivity contribution in [1.29, 1.82) is 0 Å². The van der Waals surface area contributed by atoms with Gasteiger partial charge < -0.3 is 9.47 Å². The highest BCUT2D eigenvalue weighted by atomic mass is 16.5. The SMILES string of the molecule is CCOCCOc1cc[c]cn1. The van der Waals surface area contributed by atoms with Crippen LogP contribution in [-0.4, -0.2) is 24.8 Å². The molecule has 0 amide bonds. The Labute approximate surface area is 72.3 Å². The van der Waals surface area contributed by atoms with Crippen molar-refractivity contribution in [1.82, 2.24) is 4.98 Å². The summed E-state index contributed by atoms with van der Waals surface area (Å²) in [7, 11) is 0. The first-order valence-corrected chi connectivity index (χ1v) is 3.96. The lowest BCUT2D eigenvalue weighted by atomic mass is 10.5. The van der Waals surface area contributed by atoms with Crippen LogP contribution in [0.4, 0.5) is 0 Å². The summed E-state index contributed by atoms with van der Waals surface area (Å²) in [6.07, 6.45) is 1.58. The van der Waals surface area contributed by atoms with E-state index in [1.807, 2.05) is 6.92 Å². The Morgan fingerprint density at radius 3 is 3.08 bits per heavy atom. The quantitative estimate of drug-likeness (QED) is 0.618. The number of rotatable bonds is 5. The highest BCUT2D eigenvalue weighted by Crippen LogP contribution is 2.01. The van der Waals surface area contributed by atoms with E-state index in [4.69, 9.17) is 9.47 Å². The molecule has 0 fully saturated rings. The fourth-order valence-electron chi connectivity index (χ4n) is 0.741. The molecule has 0 aromatic carbocycles. The van der Waals surface area contributed by atoms with Crippen molar-refractivity contribution < 1.29 is 9.47 Å². The van der Waals surface area contributed by atoms with Gasteiger partial charge in [0.15, 0.2) is 0 Å². The zero-order valence-electron chi connectivity index (χ0n) is 7.12. The number of hydrogen-bond acceptors (Lipinski definition) is 3. The van der Waals surface area contributed by atoms with Crippen LogP contribution >= 0.6 is 0 Å². The maximum atomic E-state index is 5.25. The Morgan fingerprint density at radius 1 is 1.50 bits per heavy atom. The van der Waals surface area contributed by atoms with Crippen molar-refractivity contribution in [3.05, 3.63) is 24.4 Å². The van der Waals surface area contributed by atoms with E-state index in [0.29, 0.717) is 19.1 Å². The van der Waals surface area contributed by atoms with Crippen LogP contribution in [0.3, 0.4) is 0 Å². The van der Waals surface area contributed by atoms with Crippen LogP contribution in [0.5, 0.6) is 5.88 Å². The van der Waals surface area contributed by atoms with Crippen LogP contribution in [0, 0.1) is 6.07 Å². The molecule has 0 N–H and O–H groups in total. The van der Waals surface area contributed by atoms with E-state index in [-0.39, 0.29) is 0 Å². The topological polar surface area (TPSA) is 31.4 Å². The van der Waals surface area contributed by atoms with Gasteiger partial charge in [0.1, 0.15) is 6.61 Å². The zero-order chi connectivity index (χ0) is 8.65. The highest BCUT2D eigenvalue weighted by molar-refractivity contribution is 5.08. The lowest BCUT2D eigenvalue weighted by Gasteiger charge is -2.03. The molecule has 3 nitrogen and oxygen atoms in total. The van der Waals surface area contributed by atoms with E-state index in [2.05, 4.69) is 11.1 Å². The number of pyridine rings is 1. The fraction of sp³-hybridized carbons (Fsp3) is 0.444. The summed E-state index contributed by atoms with van der Waals surface area (Å²) in [6, 6.07) is 6.35. The van der Waals surface area contributed by atoms with Crippen molar-refractivity contribution in [3.8, 4) is 5.88 Å². The van der Waals surface area contributed by atoms with Crippen molar-refractivity contribution in [3.63, 3.8) is 0 Å². The minimum Gasteiger partial charge on any atom is -0.475 e. The molecule has 1 aromatic rings. The van der Waals surface area contributed by atoms with Gasteiger partial charge in [-0.05, 0) is 13.0 Å². The monoisotopic (exact) mass is 166 g/mol. The lowest BCUT2D eigenvalue weighted by molar-refractivity contribution is 0.108. The van der Waals surface area contributed by atoms with Crippen LogP contribution in [-0.2, 0) is 4.74 Å². The molecule has 0 aliphatic rings. The molecule has 0 saturated heterocycles. The molecule has 0 aliphatic heterocycles. The number of hydrogen-bond donors (Lipinski definition) is 0. The standard InChI is InChI=1S/C9H12NO2/c1-2-11-7-8-12-9-5-3-4-6-10-9/h3,5-6H,2,7-8H2,1H3. The first-order chi connectivity index (χ1) is 5.93. The van der Waals surface area contributed by atoms with Crippen LogP contribution in [0.25, 0.3) is 0 Å². The van der Waals surface area contributed by atoms with Crippen LogP contribution in [0.15, 0.2) is 18.3 Å². The molecule has 1 rings (SSSR count). The zero-order valence-corrected chi connectivity index (χ0v) is 7.12. The minimum atomic E-state index is 0.546. The van der Waals surface area contributed by atoms with Crippen molar-refractivity contribution >= 4 is 0 Å². The highest BCUT2D eigenvalue weighted by Gasteiger charge is 1.91. The fourth-order valence-corrected chi connectivity index (χ4v) is 0.741. The summed E-state index contributed by atoms with van der Waals surface area (Å²) >= 11 is 0. The maximum Gasteiger partial charge on any atom is 0.213 e. The summed E-state index contributed by atoms with van der Waals surface area (Å²) in [5, 5.41) is 0. The first-order valence-electron chi connectivity index (χ1n) is 3.96. The van der Waals surface area contributed by atoms with E-state index in [1.54, 1.807) is 18.3 Å². The molecule has 0 spiro atoms. The van der Waals surface area contributed by atoms with Gasteiger partial charge in [0.05, 0.1) is 6.61 Å². The molecule has 0 aliphatic carbocycles. The van der Waals surface area contributed by atoms with Gasteiger partial charge in [0, 0.05) is 24.9 Å². The summed E-state index contributed by atoms with van der Waals surface area (Å²) in [6.45, 7) is 3.83. The Morgan fingerprint density at radius 2 is 2.42 bits per heavy atom. The first kappa shape index (κ1) is 9.00. The Bertz CT molecular complexity index is 201. The predicted molar refractivity (Wildman–Crippen MR) is 45.1 cm³/mol. The molecule has 1 heterocycles. The minimum absolute atomic E-state index is 0.546. The number of aromatic nitrogens is 1. The van der Waals surface area contributed by atoms with Crippen LogP contribution < -0.4 is 4.74 Å². The van der Waals surface area contributed by atoms with Crippen molar-refractivity contribution in [2.24, 2.45) is 0 Å². The van der Waals surface area contributed by atoms with Gasteiger partial charge in [-0.15, -0.1) is 0 Å². The van der Waals surface area contributed by atoms with Crippen LogP contribution in [0.1, 0.15) is 6.92 Å². The van der Waals surface area contributed by atoms with Gasteiger partial charge in [-0.1, -0.05) is 0 Å². The lowest BCUT2D eigenvalue weighted by Crippen LogP contribution is -2.06. The Kier molecular flexibility index (Phi) is 4.16. The van der Waals surface area contributed by atoms with Gasteiger partial charge in [-0.2, -0.15) is 0 Å².